The van der Waals surface area contributed by atoms with Crippen LogP contribution >= 0.6 is 0 Å². The van der Waals surface area contributed by atoms with Crippen molar-refractivity contribution in [2.45, 2.75) is 26.2 Å². The Morgan fingerprint density at radius 1 is 0.964 bits per heavy atom. The molecule has 5 rings (SSSR count). The predicted molar refractivity (Wildman–Crippen MR) is 109 cm³/mol. The highest BCUT2D eigenvalue weighted by atomic mass is 15.3. The summed E-state index contributed by atoms with van der Waals surface area (Å²) < 4.78 is 3.60. The Kier molecular flexibility index (Phi) is 3.90. The molecule has 2 aromatic carbocycles. The molecule has 0 saturated carbocycles. The fourth-order valence-corrected chi connectivity index (χ4v) is 3.61. The average Bonchev–Trinajstić information content (AvgIpc) is 3.34. The standard InChI is InChI=1S/C22H20N6/c1-3-18(16-7-5-4-6-8-16)20-25-22-19-13-24-28(17-11-9-15(2)10-12-17)21(19)23-14-27(22)26-20/h4-14,18H,3H2,1-2H3. The molecule has 6 heteroatoms. The first kappa shape index (κ1) is 16.6. The maximum absolute atomic E-state index is 4.87. The van der Waals surface area contributed by atoms with Gasteiger partial charge in [-0.15, -0.1) is 5.10 Å². The van der Waals surface area contributed by atoms with E-state index in [1.165, 1.54) is 11.1 Å². The maximum atomic E-state index is 4.87. The van der Waals surface area contributed by atoms with E-state index in [1.54, 1.807) is 10.8 Å². The van der Waals surface area contributed by atoms with Crippen molar-refractivity contribution in [3.8, 4) is 5.69 Å². The summed E-state index contributed by atoms with van der Waals surface area (Å²) in [6.07, 6.45) is 4.47. The van der Waals surface area contributed by atoms with E-state index in [1.807, 2.05) is 29.1 Å². The highest BCUT2D eigenvalue weighted by Gasteiger charge is 2.19. The smallest absolute Gasteiger partial charge is 0.170 e. The van der Waals surface area contributed by atoms with Crippen LogP contribution in [0.15, 0.2) is 67.1 Å². The zero-order valence-corrected chi connectivity index (χ0v) is 15.8. The molecule has 0 aliphatic rings. The third-order valence-electron chi connectivity index (χ3n) is 5.12. The van der Waals surface area contributed by atoms with Crippen LogP contribution in [0.1, 0.15) is 36.2 Å². The van der Waals surface area contributed by atoms with Gasteiger partial charge in [0.25, 0.3) is 0 Å². The molecule has 6 nitrogen and oxygen atoms in total. The van der Waals surface area contributed by atoms with Crippen molar-refractivity contribution in [2.24, 2.45) is 0 Å². The fourth-order valence-electron chi connectivity index (χ4n) is 3.61. The minimum Gasteiger partial charge on any atom is -0.216 e. The van der Waals surface area contributed by atoms with Crippen LogP contribution in [-0.4, -0.2) is 29.4 Å². The summed E-state index contributed by atoms with van der Waals surface area (Å²) in [5.41, 5.74) is 4.98. The molecule has 28 heavy (non-hydrogen) atoms. The molecule has 0 aliphatic heterocycles. The second-order valence-corrected chi connectivity index (χ2v) is 6.98. The van der Waals surface area contributed by atoms with Gasteiger partial charge in [0.2, 0.25) is 0 Å². The third kappa shape index (κ3) is 2.65. The molecule has 3 aromatic heterocycles. The minimum atomic E-state index is 0.156. The summed E-state index contributed by atoms with van der Waals surface area (Å²) in [4.78, 5) is 9.47. The molecule has 0 bridgehead atoms. The van der Waals surface area contributed by atoms with Gasteiger partial charge in [-0.1, -0.05) is 55.0 Å². The molecular weight excluding hydrogens is 348 g/mol. The van der Waals surface area contributed by atoms with E-state index in [4.69, 9.17) is 10.1 Å². The Hall–Kier alpha value is -3.54. The molecule has 0 fully saturated rings. The van der Waals surface area contributed by atoms with Crippen molar-refractivity contribution in [3.63, 3.8) is 0 Å². The minimum absolute atomic E-state index is 0.156. The molecule has 1 atom stereocenters. The molecule has 5 aromatic rings. The van der Waals surface area contributed by atoms with E-state index in [0.29, 0.717) is 0 Å². The molecular formula is C22H20N6. The number of aryl methyl sites for hydroxylation is 1. The van der Waals surface area contributed by atoms with Gasteiger partial charge in [0.1, 0.15) is 6.33 Å². The summed E-state index contributed by atoms with van der Waals surface area (Å²) in [5.74, 6) is 0.967. The van der Waals surface area contributed by atoms with Gasteiger partial charge in [-0.05, 0) is 31.0 Å². The first-order valence-corrected chi connectivity index (χ1v) is 9.45. The first-order valence-electron chi connectivity index (χ1n) is 9.45. The van der Waals surface area contributed by atoms with Crippen LogP contribution in [0.5, 0.6) is 0 Å². The Balaban J connectivity index is 1.64. The van der Waals surface area contributed by atoms with Gasteiger partial charge in [-0.2, -0.15) is 5.10 Å². The van der Waals surface area contributed by atoms with Crippen LogP contribution in [0, 0.1) is 6.92 Å². The van der Waals surface area contributed by atoms with Crippen molar-refractivity contribution in [3.05, 3.63) is 84.1 Å². The van der Waals surface area contributed by atoms with Crippen molar-refractivity contribution in [1.29, 1.82) is 0 Å². The quantitative estimate of drug-likeness (QED) is 0.474. The largest absolute Gasteiger partial charge is 0.216 e. The average molecular weight is 368 g/mol. The van der Waals surface area contributed by atoms with E-state index in [-0.39, 0.29) is 5.92 Å². The molecule has 1 unspecified atom stereocenters. The van der Waals surface area contributed by atoms with Crippen LogP contribution in [0.2, 0.25) is 0 Å². The maximum Gasteiger partial charge on any atom is 0.170 e. The molecule has 3 heterocycles. The molecule has 0 radical (unpaired) electrons. The molecule has 0 aliphatic carbocycles. The van der Waals surface area contributed by atoms with E-state index in [0.717, 1.165) is 34.6 Å². The SMILES string of the molecule is CCC(c1ccccc1)c1nc2c3cnn(-c4ccc(C)cc4)c3ncn2n1. The Morgan fingerprint density at radius 3 is 2.50 bits per heavy atom. The number of nitrogens with zero attached hydrogens (tertiary/aromatic N) is 6. The number of benzene rings is 2. The van der Waals surface area contributed by atoms with Gasteiger partial charge in [-0.25, -0.2) is 19.2 Å². The molecule has 0 N–H and O–H groups in total. The number of fused-ring (bicyclic) bond motifs is 3. The predicted octanol–water partition coefficient (Wildman–Crippen LogP) is 4.31. The van der Waals surface area contributed by atoms with Crippen LogP contribution in [0.3, 0.4) is 0 Å². The van der Waals surface area contributed by atoms with Crippen molar-refractivity contribution in [1.82, 2.24) is 29.4 Å². The number of hydrogen-bond donors (Lipinski definition) is 0. The van der Waals surface area contributed by atoms with Gasteiger partial charge >= 0.3 is 0 Å². The van der Waals surface area contributed by atoms with E-state index in [9.17, 15) is 0 Å². The lowest BCUT2D eigenvalue weighted by Gasteiger charge is -2.10. The van der Waals surface area contributed by atoms with Gasteiger partial charge in [0.05, 0.1) is 17.3 Å². The summed E-state index contributed by atoms with van der Waals surface area (Å²) in [7, 11) is 0. The molecule has 138 valence electrons. The Labute approximate surface area is 162 Å². The summed E-state index contributed by atoms with van der Waals surface area (Å²) in [6.45, 7) is 4.23. The lowest BCUT2D eigenvalue weighted by molar-refractivity contribution is 0.711. The van der Waals surface area contributed by atoms with Gasteiger partial charge in [0, 0.05) is 5.92 Å². The van der Waals surface area contributed by atoms with Crippen LogP contribution in [-0.2, 0) is 0 Å². The zero-order valence-electron chi connectivity index (χ0n) is 15.8. The fraction of sp³-hybridized carbons (Fsp3) is 0.182. The zero-order chi connectivity index (χ0) is 19.1. The summed E-state index contributed by atoms with van der Waals surface area (Å²) in [6, 6.07) is 18.6. The van der Waals surface area contributed by atoms with E-state index < -0.39 is 0 Å². The number of rotatable bonds is 4. The summed E-state index contributed by atoms with van der Waals surface area (Å²) in [5, 5.41) is 10.2. The molecule has 0 amide bonds. The van der Waals surface area contributed by atoms with Gasteiger partial charge in [0.15, 0.2) is 17.1 Å². The van der Waals surface area contributed by atoms with Crippen LogP contribution < -0.4 is 0 Å². The monoisotopic (exact) mass is 368 g/mol. The normalized spacial score (nSPS) is 12.6. The number of hydrogen-bond acceptors (Lipinski definition) is 4. The second-order valence-electron chi connectivity index (χ2n) is 6.98. The Morgan fingerprint density at radius 2 is 1.75 bits per heavy atom. The highest BCUT2D eigenvalue weighted by molar-refractivity contribution is 5.89. The van der Waals surface area contributed by atoms with Crippen LogP contribution in [0.25, 0.3) is 22.4 Å². The van der Waals surface area contributed by atoms with Gasteiger partial charge < -0.3 is 0 Å². The Bertz CT molecular complexity index is 1250. The lowest BCUT2D eigenvalue weighted by Crippen LogP contribution is -2.02. The van der Waals surface area contributed by atoms with Crippen molar-refractivity contribution in [2.75, 3.05) is 0 Å². The third-order valence-corrected chi connectivity index (χ3v) is 5.12. The molecule has 0 saturated heterocycles. The number of aromatic nitrogens is 6. The highest BCUT2D eigenvalue weighted by Crippen LogP contribution is 2.27. The van der Waals surface area contributed by atoms with E-state index in [2.05, 4.69) is 60.3 Å². The van der Waals surface area contributed by atoms with Crippen molar-refractivity contribution < 1.29 is 0 Å². The molecule has 0 spiro atoms. The van der Waals surface area contributed by atoms with Gasteiger partial charge in [-0.3, -0.25) is 0 Å². The first-order chi connectivity index (χ1) is 13.7. The van der Waals surface area contributed by atoms with Crippen LogP contribution in [0.4, 0.5) is 0 Å². The summed E-state index contributed by atoms with van der Waals surface area (Å²) >= 11 is 0. The van der Waals surface area contributed by atoms with Crippen molar-refractivity contribution >= 4 is 16.7 Å². The topological polar surface area (TPSA) is 60.9 Å². The second kappa shape index (κ2) is 6.56. The lowest BCUT2D eigenvalue weighted by atomic mass is 9.96. The van der Waals surface area contributed by atoms with E-state index >= 15 is 0 Å².